The minimum absolute atomic E-state index is 0.0239. The zero-order chi connectivity index (χ0) is 48.4. The zero-order valence-corrected chi connectivity index (χ0v) is 40.8. The molecule has 5 aliphatic heterocycles. The SMILES string of the molecule is CCc1cccc2cc(O)cc(-c3ncc4c(N5CCCOCC5)nc(OCC5(CN6CCC7(CC6)CC(CN6CCN(c8ccc9c(c8)CN([C@H]8CCC(=O)NC8=O)C9=O)CC6)C7)CC5)nc4c3F)c12. The third-order valence-electron chi connectivity index (χ3n) is 17.0. The van der Waals surface area contributed by atoms with Gasteiger partial charge >= 0.3 is 6.01 Å². The molecule has 2 N–H and O–H groups in total. The number of likely N-dealkylation sites (tertiary alicyclic amines) is 1. The number of anilines is 2. The predicted octanol–water partition coefficient (Wildman–Crippen LogP) is 6.71. The van der Waals surface area contributed by atoms with E-state index >= 15 is 4.39 Å². The summed E-state index contributed by atoms with van der Waals surface area (Å²) in [6, 6.07) is 14.9. The van der Waals surface area contributed by atoms with Gasteiger partial charge in [0.2, 0.25) is 11.8 Å². The molecule has 4 saturated heterocycles. The highest BCUT2D eigenvalue weighted by molar-refractivity contribution is 6.06. The van der Waals surface area contributed by atoms with Crippen molar-refractivity contribution in [1.82, 2.24) is 35.0 Å². The van der Waals surface area contributed by atoms with Crippen molar-refractivity contribution in [3.63, 3.8) is 0 Å². The Morgan fingerprint density at radius 3 is 2.51 bits per heavy atom. The largest absolute Gasteiger partial charge is 0.508 e. The van der Waals surface area contributed by atoms with Gasteiger partial charge in [-0.2, -0.15) is 9.97 Å². The highest BCUT2D eigenvalue weighted by Crippen LogP contribution is 2.54. The molecule has 2 aromatic heterocycles. The molecule has 12 rings (SSSR count). The Hall–Kier alpha value is -5.97. The molecule has 71 heavy (non-hydrogen) atoms. The van der Waals surface area contributed by atoms with E-state index in [9.17, 15) is 19.5 Å². The van der Waals surface area contributed by atoms with Crippen LogP contribution in [0.3, 0.4) is 0 Å². The molecular weight excluding hydrogens is 902 g/mol. The Balaban J connectivity index is 0.650. The number of aromatic hydroxyl groups is 1. The van der Waals surface area contributed by atoms with Gasteiger partial charge in [-0.3, -0.25) is 29.6 Å². The number of rotatable bonds is 12. The summed E-state index contributed by atoms with van der Waals surface area (Å²) in [5.41, 5.74) is 5.10. The maximum atomic E-state index is 17.1. The van der Waals surface area contributed by atoms with Crippen LogP contribution in [0.2, 0.25) is 0 Å². The number of piperazine rings is 1. The first-order valence-corrected chi connectivity index (χ1v) is 26.1. The Labute approximate surface area is 413 Å². The Kier molecular flexibility index (Phi) is 12.1. The summed E-state index contributed by atoms with van der Waals surface area (Å²) in [6.07, 6.45) is 11.1. The van der Waals surface area contributed by atoms with E-state index in [1.54, 1.807) is 23.2 Å². The fraction of sp³-hybridized carbons (Fsp3) is 0.527. The van der Waals surface area contributed by atoms with Crippen LogP contribution in [0.25, 0.3) is 32.9 Å². The molecule has 3 amide bonds. The Morgan fingerprint density at radius 2 is 1.72 bits per heavy atom. The van der Waals surface area contributed by atoms with Crippen molar-refractivity contribution in [2.45, 2.75) is 83.7 Å². The number of amides is 3. The molecule has 0 unspecified atom stereocenters. The summed E-state index contributed by atoms with van der Waals surface area (Å²) >= 11 is 0. The summed E-state index contributed by atoms with van der Waals surface area (Å²) < 4.78 is 29.4. The summed E-state index contributed by atoms with van der Waals surface area (Å²) in [4.78, 5) is 63.3. The molecule has 372 valence electrons. The number of ether oxygens (including phenoxy) is 2. The molecule has 16 heteroatoms. The molecule has 2 saturated carbocycles. The molecule has 7 aliphatic rings. The van der Waals surface area contributed by atoms with Crippen molar-refractivity contribution in [2.75, 3.05) is 95.1 Å². The van der Waals surface area contributed by atoms with E-state index in [1.807, 2.05) is 30.3 Å². The number of halogens is 1. The fourth-order valence-electron chi connectivity index (χ4n) is 12.9. The van der Waals surface area contributed by atoms with E-state index in [2.05, 4.69) is 37.9 Å². The molecule has 3 aromatic carbocycles. The number of benzene rings is 3. The quantitative estimate of drug-likeness (QED) is 0.127. The number of nitrogens with zero attached hydrogens (tertiary/aromatic N) is 8. The molecule has 7 heterocycles. The minimum atomic E-state index is -0.600. The third kappa shape index (κ3) is 8.94. The average Bonchev–Trinajstić information content (AvgIpc) is 4.13. The van der Waals surface area contributed by atoms with Gasteiger partial charge in [-0.15, -0.1) is 0 Å². The Bertz CT molecular complexity index is 2900. The Morgan fingerprint density at radius 1 is 0.887 bits per heavy atom. The van der Waals surface area contributed by atoms with Crippen LogP contribution in [0.15, 0.2) is 54.7 Å². The molecule has 1 spiro atoms. The number of phenolic OH excluding ortho intramolecular Hbond substituents is 1. The standard InChI is InChI=1S/C55H64FN9O6/c1-2-36-5-3-6-37-26-40(66)27-42(46(36)37)48-47(56)49-43(30-57-48)50(64-15-4-23-70-24-22-64)60-53(59-49)71-34-55(11-12-55)33-62-16-13-54(14-17-62)28-35(29-54)31-61-18-20-63(21-19-61)39-7-8-41-38(25-39)32-65(52(41)69)44-9-10-45(67)58-51(44)68/h3,5-8,25-27,30,35,44,66H,2,4,9-24,28-29,31-34H2,1H3,(H,58,67,68)/t44-/m0/s1. The molecule has 5 aromatic rings. The van der Waals surface area contributed by atoms with Crippen molar-refractivity contribution in [3.8, 4) is 23.0 Å². The number of aryl methyl sites for hydroxylation is 1. The van der Waals surface area contributed by atoms with Crippen molar-refractivity contribution >= 4 is 50.9 Å². The number of pyridine rings is 1. The van der Waals surface area contributed by atoms with Crippen LogP contribution in [0.5, 0.6) is 11.8 Å². The first-order chi connectivity index (χ1) is 34.5. The lowest BCUT2D eigenvalue weighted by atomic mass is 9.57. The van der Waals surface area contributed by atoms with Crippen molar-refractivity contribution in [1.29, 1.82) is 0 Å². The lowest BCUT2D eigenvalue weighted by Gasteiger charge is -2.54. The zero-order valence-electron chi connectivity index (χ0n) is 40.8. The first kappa shape index (κ1) is 46.1. The normalized spacial score (nSPS) is 22.8. The summed E-state index contributed by atoms with van der Waals surface area (Å²) in [7, 11) is 0. The third-order valence-corrected chi connectivity index (χ3v) is 17.0. The van der Waals surface area contributed by atoms with Crippen LogP contribution in [-0.4, -0.2) is 144 Å². The second-order valence-corrected chi connectivity index (χ2v) is 21.7. The number of carbonyl (C=O) groups excluding carboxylic acids is 3. The highest BCUT2D eigenvalue weighted by atomic mass is 19.1. The highest BCUT2D eigenvalue weighted by Gasteiger charge is 2.50. The van der Waals surface area contributed by atoms with Crippen LogP contribution in [0.4, 0.5) is 15.9 Å². The van der Waals surface area contributed by atoms with E-state index < -0.39 is 11.9 Å². The van der Waals surface area contributed by atoms with E-state index in [1.165, 1.54) is 25.7 Å². The second kappa shape index (κ2) is 18.6. The lowest BCUT2D eigenvalue weighted by Crippen LogP contribution is -2.53. The van der Waals surface area contributed by atoms with Gasteiger partial charge in [0.1, 0.15) is 28.8 Å². The van der Waals surface area contributed by atoms with Crippen LogP contribution in [-0.2, 0) is 27.3 Å². The number of hydrogen-bond donors (Lipinski definition) is 2. The molecule has 1 atom stereocenters. The number of carbonyl (C=O) groups is 3. The molecule has 15 nitrogen and oxygen atoms in total. The monoisotopic (exact) mass is 965 g/mol. The maximum Gasteiger partial charge on any atom is 0.319 e. The molecule has 0 bridgehead atoms. The first-order valence-electron chi connectivity index (χ1n) is 26.1. The van der Waals surface area contributed by atoms with E-state index in [0.29, 0.717) is 73.6 Å². The van der Waals surface area contributed by atoms with E-state index in [4.69, 9.17) is 24.4 Å². The number of phenols is 1. The van der Waals surface area contributed by atoms with Gasteiger partial charge in [0.25, 0.3) is 5.91 Å². The van der Waals surface area contributed by atoms with Crippen molar-refractivity contribution in [3.05, 3.63) is 77.2 Å². The fourth-order valence-corrected chi connectivity index (χ4v) is 12.9. The number of imide groups is 1. The lowest BCUT2D eigenvalue weighted by molar-refractivity contribution is -0.136. The summed E-state index contributed by atoms with van der Waals surface area (Å²) in [5, 5.41) is 15.4. The summed E-state index contributed by atoms with van der Waals surface area (Å²) in [6.45, 7) is 13.7. The summed E-state index contributed by atoms with van der Waals surface area (Å²) in [5.74, 6) is 0.0518. The number of fused-ring (bicyclic) bond motifs is 3. The maximum absolute atomic E-state index is 17.1. The predicted molar refractivity (Wildman–Crippen MR) is 268 cm³/mol. The topological polar surface area (TPSA) is 157 Å². The average molecular weight is 966 g/mol. The van der Waals surface area contributed by atoms with Gasteiger partial charge < -0.3 is 34.2 Å². The molecule has 2 aliphatic carbocycles. The number of hydrogen-bond acceptors (Lipinski definition) is 13. The van der Waals surface area contributed by atoms with Crippen molar-refractivity contribution in [2.24, 2.45) is 16.7 Å². The van der Waals surface area contributed by atoms with E-state index in [0.717, 1.165) is 112 Å². The minimum Gasteiger partial charge on any atom is -0.508 e. The van der Waals surface area contributed by atoms with E-state index in [-0.39, 0.29) is 52.5 Å². The van der Waals surface area contributed by atoms with Crippen LogP contribution < -0.4 is 19.9 Å². The molecular formula is C55H64FN9O6. The molecule has 6 fully saturated rings. The smallest absolute Gasteiger partial charge is 0.319 e. The van der Waals surface area contributed by atoms with Gasteiger partial charge in [-0.05, 0) is 134 Å². The van der Waals surface area contributed by atoms with Crippen LogP contribution in [0, 0.1) is 22.6 Å². The van der Waals surface area contributed by atoms with Gasteiger partial charge in [0.05, 0.1) is 18.6 Å². The second-order valence-electron chi connectivity index (χ2n) is 21.7. The van der Waals surface area contributed by atoms with Gasteiger partial charge in [-0.1, -0.05) is 25.1 Å². The van der Waals surface area contributed by atoms with Gasteiger partial charge in [0, 0.05) is 100 Å². The number of piperidine rings is 2. The van der Waals surface area contributed by atoms with Crippen molar-refractivity contribution < 1.29 is 33.4 Å². The van der Waals surface area contributed by atoms with Gasteiger partial charge in [-0.25, -0.2) is 4.39 Å². The van der Waals surface area contributed by atoms with Gasteiger partial charge in [0.15, 0.2) is 5.82 Å². The van der Waals surface area contributed by atoms with Crippen LogP contribution >= 0.6 is 0 Å². The molecule has 0 radical (unpaired) electrons. The number of aromatic nitrogens is 3. The van der Waals surface area contributed by atoms with Crippen LogP contribution in [0.1, 0.15) is 86.2 Å². The number of nitrogens with one attached hydrogen (secondary N) is 1.